The van der Waals surface area contributed by atoms with Crippen LogP contribution in [0, 0.1) is 0 Å². The van der Waals surface area contributed by atoms with Crippen molar-refractivity contribution in [3.8, 4) is 0 Å². The second-order valence-corrected chi connectivity index (χ2v) is 2.79. The number of ketones is 1. The van der Waals surface area contributed by atoms with Crippen molar-refractivity contribution in [2.75, 3.05) is 0 Å². The van der Waals surface area contributed by atoms with Crippen molar-refractivity contribution in [2.24, 2.45) is 0 Å². The maximum Gasteiger partial charge on any atom is 0.198 e. The van der Waals surface area contributed by atoms with E-state index in [9.17, 15) is 4.79 Å². The van der Waals surface area contributed by atoms with Crippen LogP contribution in [-0.4, -0.2) is 17.0 Å². The molecule has 0 spiro atoms. The molecule has 1 unspecified atom stereocenters. The molecule has 0 bridgehead atoms. The van der Waals surface area contributed by atoms with Gasteiger partial charge in [-0.25, -0.2) is 0 Å². The van der Waals surface area contributed by atoms with E-state index in [1.54, 1.807) is 19.1 Å². The SMILES string of the molecule is CC(O)CCC(=O)c1ccco1. The minimum atomic E-state index is -0.427. The van der Waals surface area contributed by atoms with Crippen LogP contribution >= 0.6 is 0 Å². The van der Waals surface area contributed by atoms with Gasteiger partial charge in [0, 0.05) is 6.42 Å². The highest BCUT2D eigenvalue weighted by Crippen LogP contribution is 2.07. The Morgan fingerprint density at radius 1 is 1.75 bits per heavy atom. The van der Waals surface area contributed by atoms with Crippen LogP contribution in [0.2, 0.25) is 0 Å². The third-order valence-electron chi connectivity index (χ3n) is 1.59. The molecule has 0 aliphatic carbocycles. The maximum atomic E-state index is 11.2. The molecule has 3 heteroatoms. The smallest absolute Gasteiger partial charge is 0.198 e. The lowest BCUT2D eigenvalue weighted by Crippen LogP contribution is -2.04. The van der Waals surface area contributed by atoms with E-state index in [0.717, 1.165) is 0 Å². The highest BCUT2D eigenvalue weighted by Gasteiger charge is 2.09. The molecular weight excluding hydrogens is 156 g/mol. The molecule has 0 radical (unpaired) electrons. The van der Waals surface area contributed by atoms with E-state index < -0.39 is 6.10 Å². The van der Waals surface area contributed by atoms with Crippen molar-refractivity contribution >= 4 is 5.78 Å². The Balaban J connectivity index is 2.40. The van der Waals surface area contributed by atoms with E-state index >= 15 is 0 Å². The average molecular weight is 168 g/mol. The van der Waals surface area contributed by atoms with Crippen molar-refractivity contribution in [3.63, 3.8) is 0 Å². The first-order valence-electron chi connectivity index (χ1n) is 3.95. The number of hydrogen-bond donors (Lipinski definition) is 1. The van der Waals surface area contributed by atoms with Gasteiger partial charge in [-0.2, -0.15) is 0 Å². The fourth-order valence-electron chi connectivity index (χ4n) is 0.900. The Labute approximate surface area is 71.0 Å². The standard InChI is InChI=1S/C9H12O3/c1-7(10)4-5-8(11)9-3-2-6-12-9/h2-3,6-7,10H,4-5H2,1H3. The van der Waals surface area contributed by atoms with Crippen LogP contribution in [0.15, 0.2) is 22.8 Å². The molecule has 1 N–H and O–H groups in total. The largest absolute Gasteiger partial charge is 0.461 e. The normalized spacial score (nSPS) is 12.8. The molecule has 1 heterocycles. The molecule has 0 aliphatic rings. The van der Waals surface area contributed by atoms with E-state index in [1.165, 1.54) is 6.26 Å². The number of Topliss-reactive ketones (excluding diaryl/α,β-unsaturated/α-hetero) is 1. The molecule has 1 rings (SSSR count). The molecule has 0 fully saturated rings. The third-order valence-corrected chi connectivity index (χ3v) is 1.59. The summed E-state index contributed by atoms with van der Waals surface area (Å²) in [5, 5.41) is 8.92. The van der Waals surface area contributed by atoms with E-state index in [-0.39, 0.29) is 5.78 Å². The average Bonchev–Trinajstić information content (AvgIpc) is 2.51. The lowest BCUT2D eigenvalue weighted by atomic mass is 10.1. The Kier molecular flexibility index (Phi) is 3.05. The maximum absolute atomic E-state index is 11.2. The minimum Gasteiger partial charge on any atom is -0.461 e. The van der Waals surface area contributed by atoms with Crippen molar-refractivity contribution in [3.05, 3.63) is 24.2 Å². The van der Waals surface area contributed by atoms with Gasteiger partial charge in [0.1, 0.15) is 0 Å². The van der Waals surface area contributed by atoms with Crippen LogP contribution in [0.1, 0.15) is 30.3 Å². The van der Waals surface area contributed by atoms with Gasteiger partial charge in [-0.05, 0) is 25.5 Å². The lowest BCUT2D eigenvalue weighted by molar-refractivity contribution is 0.0923. The number of aliphatic hydroxyl groups excluding tert-OH is 1. The molecule has 0 saturated heterocycles. The number of aliphatic hydroxyl groups is 1. The van der Waals surface area contributed by atoms with Crippen LogP contribution < -0.4 is 0 Å². The molecular formula is C9H12O3. The van der Waals surface area contributed by atoms with Crippen LogP contribution in [0.3, 0.4) is 0 Å². The zero-order valence-corrected chi connectivity index (χ0v) is 6.99. The van der Waals surface area contributed by atoms with Gasteiger partial charge in [-0.3, -0.25) is 4.79 Å². The van der Waals surface area contributed by atoms with E-state index in [1.807, 2.05) is 0 Å². The fourth-order valence-corrected chi connectivity index (χ4v) is 0.900. The second kappa shape index (κ2) is 4.07. The highest BCUT2D eigenvalue weighted by atomic mass is 16.3. The molecule has 3 nitrogen and oxygen atoms in total. The highest BCUT2D eigenvalue weighted by molar-refractivity contribution is 5.93. The van der Waals surface area contributed by atoms with Gasteiger partial charge in [0.15, 0.2) is 11.5 Å². The molecule has 1 aromatic rings. The van der Waals surface area contributed by atoms with Crippen LogP contribution in [0.5, 0.6) is 0 Å². The van der Waals surface area contributed by atoms with E-state index in [4.69, 9.17) is 9.52 Å². The number of rotatable bonds is 4. The summed E-state index contributed by atoms with van der Waals surface area (Å²) in [7, 11) is 0. The molecule has 1 aromatic heterocycles. The molecule has 0 saturated carbocycles. The summed E-state index contributed by atoms with van der Waals surface area (Å²) in [5.41, 5.74) is 0. The fraction of sp³-hybridized carbons (Fsp3) is 0.444. The summed E-state index contributed by atoms with van der Waals surface area (Å²) in [6.45, 7) is 1.66. The quantitative estimate of drug-likeness (QED) is 0.695. The topological polar surface area (TPSA) is 50.4 Å². The van der Waals surface area contributed by atoms with Crippen molar-refractivity contribution < 1.29 is 14.3 Å². The first kappa shape index (κ1) is 9.00. The summed E-state index contributed by atoms with van der Waals surface area (Å²) in [5.74, 6) is 0.316. The van der Waals surface area contributed by atoms with Gasteiger partial charge in [0.2, 0.25) is 0 Å². The molecule has 12 heavy (non-hydrogen) atoms. The molecule has 66 valence electrons. The van der Waals surface area contributed by atoms with E-state index in [0.29, 0.717) is 18.6 Å². The molecule has 0 amide bonds. The van der Waals surface area contributed by atoms with Crippen molar-refractivity contribution in [1.82, 2.24) is 0 Å². The zero-order chi connectivity index (χ0) is 8.97. The third kappa shape index (κ3) is 2.51. The Bertz CT molecular complexity index is 236. The van der Waals surface area contributed by atoms with Gasteiger partial charge in [0.05, 0.1) is 12.4 Å². The summed E-state index contributed by atoms with van der Waals surface area (Å²) < 4.78 is 4.90. The molecule has 0 aliphatic heterocycles. The van der Waals surface area contributed by atoms with Crippen LogP contribution in [0.25, 0.3) is 0 Å². The van der Waals surface area contributed by atoms with Gasteiger partial charge >= 0.3 is 0 Å². The number of furan rings is 1. The Hall–Kier alpha value is -1.09. The van der Waals surface area contributed by atoms with E-state index in [2.05, 4.69) is 0 Å². The first-order chi connectivity index (χ1) is 5.70. The summed E-state index contributed by atoms with van der Waals surface area (Å²) in [4.78, 5) is 11.2. The monoisotopic (exact) mass is 168 g/mol. The predicted molar refractivity (Wildman–Crippen MR) is 44.0 cm³/mol. The Morgan fingerprint density at radius 3 is 3.00 bits per heavy atom. The first-order valence-corrected chi connectivity index (χ1v) is 3.95. The minimum absolute atomic E-state index is 0.0547. The van der Waals surface area contributed by atoms with Crippen molar-refractivity contribution in [2.45, 2.75) is 25.9 Å². The lowest BCUT2D eigenvalue weighted by Gasteiger charge is -2.00. The number of hydrogen-bond acceptors (Lipinski definition) is 3. The van der Waals surface area contributed by atoms with Gasteiger partial charge in [0.25, 0.3) is 0 Å². The second-order valence-electron chi connectivity index (χ2n) is 2.79. The van der Waals surface area contributed by atoms with Crippen LogP contribution in [-0.2, 0) is 0 Å². The van der Waals surface area contributed by atoms with Crippen LogP contribution in [0.4, 0.5) is 0 Å². The summed E-state index contributed by atoms with van der Waals surface area (Å²) in [6.07, 6.45) is 1.87. The molecule has 0 aromatic carbocycles. The molecule has 1 atom stereocenters. The van der Waals surface area contributed by atoms with Gasteiger partial charge < -0.3 is 9.52 Å². The zero-order valence-electron chi connectivity index (χ0n) is 6.99. The number of carbonyl (C=O) groups excluding carboxylic acids is 1. The van der Waals surface area contributed by atoms with Crippen molar-refractivity contribution in [1.29, 1.82) is 0 Å². The Morgan fingerprint density at radius 2 is 2.50 bits per heavy atom. The van der Waals surface area contributed by atoms with Gasteiger partial charge in [-0.1, -0.05) is 0 Å². The predicted octanol–water partition coefficient (Wildman–Crippen LogP) is 1.62. The summed E-state index contributed by atoms with van der Waals surface area (Å²) in [6, 6.07) is 3.31. The number of carbonyl (C=O) groups is 1. The van der Waals surface area contributed by atoms with Gasteiger partial charge in [-0.15, -0.1) is 0 Å². The summed E-state index contributed by atoms with van der Waals surface area (Å²) >= 11 is 0.